The lowest BCUT2D eigenvalue weighted by molar-refractivity contribution is -0.459. The van der Waals surface area contributed by atoms with Gasteiger partial charge in [0.25, 0.3) is 0 Å². The van der Waals surface area contributed by atoms with Gasteiger partial charge in [-0.2, -0.15) is 0 Å². The molecule has 1 N–H and O–H groups in total. The Morgan fingerprint density at radius 1 is 1.12 bits per heavy atom. The second-order valence-electron chi connectivity index (χ2n) is 7.53. The summed E-state index contributed by atoms with van der Waals surface area (Å²) in [7, 11) is 0. The number of hydrogen-bond donors (Lipinski definition) is 1. The van der Waals surface area contributed by atoms with Crippen molar-refractivity contribution in [1.82, 2.24) is 0 Å². The van der Waals surface area contributed by atoms with Crippen molar-refractivity contribution in [3.63, 3.8) is 0 Å². The first-order valence-corrected chi connectivity index (χ1v) is 9.83. The zero-order valence-electron chi connectivity index (χ0n) is 15.8. The Hall–Kier alpha value is -1.40. The summed E-state index contributed by atoms with van der Waals surface area (Å²) in [5.74, 6) is -2.41. The molecule has 148 valence electrons. The molecule has 2 aliphatic rings. The Labute approximate surface area is 155 Å². The van der Waals surface area contributed by atoms with Crippen LogP contribution in [0.2, 0.25) is 0 Å². The van der Waals surface area contributed by atoms with Crippen molar-refractivity contribution in [2.24, 2.45) is 5.92 Å². The summed E-state index contributed by atoms with van der Waals surface area (Å²) < 4.78 is 17.1. The van der Waals surface area contributed by atoms with Crippen molar-refractivity contribution in [1.29, 1.82) is 0 Å². The molecule has 1 aliphatic heterocycles. The highest BCUT2D eigenvalue weighted by Gasteiger charge is 2.48. The maximum Gasteiger partial charge on any atom is 0.333 e. The van der Waals surface area contributed by atoms with Crippen molar-refractivity contribution in [2.45, 2.75) is 89.6 Å². The van der Waals surface area contributed by atoms with Crippen LogP contribution in [0.3, 0.4) is 0 Å². The van der Waals surface area contributed by atoms with Gasteiger partial charge in [-0.1, -0.05) is 45.1 Å². The third-order valence-electron chi connectivity index (χ3n) is 5.14. The Bertz CT molecular complexity index is 495. The summed E-state index contributed by atoms with van der Waals surface area (Å²) in [5, 5.41) is 9.54. The number of hydrogen-bond acceptors (Lipinski definition) is 5. The molecule has 2 fully saturated rings. The van der Waals surface area contributed by atoms with E-state index in [0.717, 1.165) is 32.1 Å². The maximum atomic E-state index is 11.6. The fourth-order valence-electron chi connectivity index (χ4n) is 3.65. The minimum Gasteiger partial charge on any atom is -0.481 e. The SMILES string of the molecule is C=C(C)C(=O)OCCC1OC2(CCCCCCCCCC(C(=O)O)C2)O1. The molecule has 0 bridgehead atoms. The first-order chi connectivity index (χ1) is 12.4. The number of aliphatic carboxylic acids is 1. The van der Waals surface area contributed by atoms with Crippen LogP contribution in [0, 0.1) is 5.92 Å². The van der Waals surface area contributed by atoms with E-state index in [1.54, 1.807) is 6.92 Å². The van der Waals surface area contributed by atoms with Gasteiger partial charge in [0, 0.05) is 24.8 Å². The molecule has 1 aliphatic carbocycles. The quantitative estimate of drug-likeness (QED) is 0.579. The number of carboxylic acids is 1. The van der Waals surface area contributed by atoms with Crippen molar-refractivity contribution >= 4 is 11.9 Å². The zero-order chi connectivity index (χ0) is 19.0. The van der Waals surface area contributed by atoms with Crippen molar-refractivity contribution in [2.75, 3.05) is 6.61 Å². The molecule has 0 aromatic carbocycles. The van der Waals surface area contributed by atoms with Crippen LogP contribution < -0.4 is 0 Å². The van der Waals surface area contributed by atoms with Gasteiger partial charge >= 0.3 is 11.9 Å². The molecular weight excluding hydrogens is 336 g/mol. The van der Waals surface area contributed by atoms with Gasteiger partial charge in [0.15, 0.2) is 12.1 Å². The minimum atomic E-state index is -0.786. The smallest absolute Gasteiger partial charge is 0.333 e. The first-order valence-electron chi connectivity index (χ1n) is 9.83. The lowest BCUT2D eigenvalue weighted by atomic mass is 9.88. The number of esters is 1. The van der Waals surface area contributed by atoms with E-state index >= 15 is 0 Å². The molecule has 1 spiro atoms. The van der Waals surface area contributed by atoms with E-state index < -0.39 is 29.9 Å². The van der Waals surface area contributed by atoms with Crippen LogP contribution in [-0.2, 0) is 23.8 Å². The largest absolute Gasteiger partial charge is 0.481 e. The fraction of sp³-hybridized carbons (Fsp3) is 0.800. The van der Waals surface area contributed by atoms with Crippen LogP contribution in [0.4, 0.5) is 0 Å². The number of rotatable bonds is 5. The third kappa shape index (κ3) is 6.40. The highest BCUT2D eigenvalue weighted by atomic mass is 16.9. The van der Waals surface area contributed by atoms with Crippen LogP contribution in [0.15, 0.2) is 12.2 Å². The van der Waals surface area contributed by atoms with Gasteiger partial charge in [-0.05, 0) is 19.8 Å². The van der Waals surface area contributed by atoms with Gasteiger partial charge in [0.2, 0.25) is 0 Å². The molecule has 1 atom stereocenters. The van der Waals surface area contributed by atoms with Gasteiger partial charge in [0.05, 0.1) is 12.5 Å². The van der Waals surface area contributed by atoms with Crippen LogP contribution in [0.1, 0.15) is 77.6 Å². The normalized spacial score (nSPS) is 30.5. The van der Waals surface area contributed by atoms with E-state index in [1.807, 2.05) is 0 Å². The Kier molecular flexibility index (Phi) is 8.10. The maximum absolute atomic E-state index is 11.6. The van der Waals surface area contributed by atoms with E-state index in [2.05, 4.69) is 6.58 Å². The van der Waals surface area contributed by atoms with Gasteiger partial charge in [-0.3, -0.25) is 4.79 Å². The Balaban J connectivity index is 1.86. The minimum absolute atomic E-state index is 0.203. The Morgan fingerprint density at radius 3 is 2.35 bits per heavy atom. The summed E-state index contributed by atoms with van der Waals surface area (Å²) in [4.78, 5) is 23.0. The monoisotopic (exact) mass is 368 g/mol. The lowest BCUT2D eigenvalue weighted by Crippen LogP contribution is -2.55. The van der Waals surface area contributed by atoms with Gasteiger partial charge in [-0.15, -0.1) is 0 Å². The predicted octanol–water partition coefficient (Wildman–Crippen LogP) is 4.18. The van der Waals surface area contributed by atoms with E-state index in [1.165, 1.54) is 19.3 Å². The molecular formula is C20H32O6. The Morgan fingerprint density at radius 2 is 1.73 bits per heavy atom. The van der Waals surface area contributed by atoms with Crippen molar-refractivity contribution in [3.8, 4) is 0 Å². The van der Waals surface area contributed by atoms with Crippen molar-refractivity contribution in [3.05, 3.63) is 12.2 Å². The second kappa shape index (κ2) is 10.1. The molecule has 1 saturated carbocycles. The molecule has 0 aromatic rings. The predicted molar refractivity (Wildman–Crippen MR) is 96.4 cm³/mol. The van der Waals surface area contributed by atoms with Gasteiger partial charge < -0.3 is 19.3 Å². The topological polar surface area (TPSA) is 82.1 Å². The summed E-state index contributed by atoms with van der Waals surface area (Å²) in [6, 6.07) is 0. The molecule has 6 nitrogen and oxygen atoms in total. The highest BCUT2D eigenvalue weighted by Crippen LogP contribution is 2.42. The molecule has 6 heteroatoms. The molecule has 1 saturated heterocycles. The molecule has 1 heterocycles. The van der Waals surface area contributed by atoms with Gasteiger partial charge in [0.1, 0.15) is 0 Å². The molecule has 0 aromatic heterocycles. The average Bonchev–Trinajstić information content (AvgIpc) is 2.54. The fourth-order valence-corrected chi connectivity index (χ4v) is 3.65. The van der Waals surface area contributed by atoms with E-state index in [-0.39, 0.29) is 6.61 Å². The van der Waals surface area contributed by atoms with Crippen LogP contribution in [0.5, 0.6) is 0 Å². The van der Waals surface area contributed by atoms with Crippen LogP contribution in [-0.4, -0.2) is 35.7 Å². The summed E-state index contributed by atoms with van der Waals surface area (Å²) in [6.45, 7) is 5.34. The third-order valence-corrected chi connectivity index (χ3v) is 5.14. The van der Waals surface area contributed by atoms with E-state index in [4.69, 9.17) is 14.2 Å². The number of ether oxygens (including phenoxy) is 3. The standard InChI is InChI=1S/C20H32O6/c1-15(2)19(23)24-13-11-17-25-20(26-17)12-9-7-5-3-4-6-8-10-16(14-20)18(21)22/h16-17H,1,3-14H2,2H3,(H,21,22). The summed E-state index contributed by atoms with van der Waals surface area (Å²) in [5.41, 5.74) is 0.362. The van der Waals surface area contributed by atoms with Gasteiger partial charge in [-0.25, -0.2) is 4.79 Å². The number of carbonyl (C=O) groups is 2. The molecule has 26 heavy (non-hydrogen) atoms. The van der Waals surface area contributed by atoms with Crippen LogP contribution >= 0.6 is 0 Å². The van der Waals surface area contributed by atoms with Crippen LogP contribution in [0.25, 0.3) is 0 Å². The summed E-state index contributed by atoms with van der Waals surface area (Å²) >= 11 is 0. The summed E-state index contributed by atoms with van der Waals surface area (Å²) in [6.07, 6.45) is 9.53. The van der Waals surface area contributed by atoms with E-state index in [0.29, 0.717) is 24.8 Å². The molecule has 0 radical (unpaired) electrons. The number of carboxylic acid groups (broad SMARTS) is 1. The highest BCUT2D eigenvalue weighted by molar-refractivity contribution is 5.86. The lowest BCUT2D eigenvalue weighted by Gasteiger charge is -2.49. The number of carbonyl (C=O) groups excluding carboxylic acids is 1. The van der Waals surface area contributed by atoms with Crippen molar-refractivity contribution < 1.29 is 28.9 Å². The van der Waals surface area contributed by atoms with E-state index in [9.17, 15) is 14.7 Å². The molecule has 1 unspecified atom stereocenters. The molecule has 0 amide bonds. The second-order valence-corrected chi connectivity index (χ2v) is 7.53. The average molecular weight is 368 g/mol. The molecule has 2 rings (SSSR count). The first kappa shape index (κ1) is 20.9. The zero-order valence-corrected chi connectivity index (χ0v) is 15.8.